The van der Waals surface area contributed by atoms with Crippen LogP contribution in [0.3, 0.4) is 0 Å². The van der Waals surface area contributed by atoms with E-state index in [2.05, 4.69) is 19.9 Å². The lowest BCUT2D eigenvalue weighted by Gasteiger charge is -2.17. The predicted molar refractivity (Wildman–Crippen MR) is 44.5 cm³/mol. The van der Waals surface area contributed by atoms with Crippen molar-refractivity contribution in [3.05, 3.63) is 11.6 Å². The normalized spacial score (nSPS) is 26.4. The molecule has 0 saturated carbocycles. The van der Waals surface area contributed by atoms with E-state index in [1.807, 2.05) is 0 Å². The van der Waals surface area contributed by atoms with E-state index in [0.717, 1.165) is 18.6 Å². The van der Waals surface area contributed by atoms with Gasteiger partial charge < -0.3 is 5.41 Å². The van der Waals surface area contributed by atoms with Crippen molar-refractivity contribution in [3.63, 3.8) is 0 Å². The summed E-state index contributed by atoms with van der Waals surface area (Å²) in [7, 11) is 0. The molecule has 0 amide bonds. The summed E-state index contributed by atoms with van der Waals surface area (Å²) in [5, 5.41) is 7.57. The van der Waals surface area contributed by atoms with Crippen molar-refractivity contribution in [2.45, 2.75) is 33.1 Å². The summed E-state index contributed by atoms with van der Waals surface area (Å²) in [6.45, 7) is 4.35. The van der Waals surface area contributed by atoms with Gasteiger partial charge in [0.15, 0.2) is 0 Å². The molecule has 10 heavy (non-hydrogen) atoms. The van der Waals surface area contributed by atoms with Crippen LogP contribution in [-0.4, -0.2) is 5.71 Å². The zero-order chi connectivity index (χ0) is 7.56. The molecule has 1 aliphatic rings. The molecule has 0 aromatic rings. The molecule has 1 heteroatoms. The average Bonchev–Trinajstić information content (AvgIpc) is 1.94. The zero-order valence-electron chi connectivity index (χ0n) is 6.78. The Balaban J connectivity index is 2.72. The highest BCUT2D eigenvalue weighted by Gasteiger charge is 2.12. The van der Waals surface area contributed by atoms with Crippen molar-refractivity contribution < 1.29 is 0 Å². The maximum atomic E-state index is 7.57. The van der Waals surface area contributed by atoms with Gasteiger partial charge >= 0.3 is 0 Å². The molecule has 56 valence electrons. The van der Waals surface area contributed by atoms with E-state index < -0.39 is 0 Å². The second-order valence-electron chi connectivity index (χ2n) is 3.04. The fraction of sp³-hybridized carbons (Fsp3) is 0.667. The van der Waals surface area contributed by atoms with E-state index in [0.29, 0.717) is 5.92 Å². The molecule has 0 spiro atoms. The van der Waals surface area contributed by atoms with Crippen LogP contribution in [0.2, 0.25) is 0 Å². The van der Waals surface area contributed by atoms with Crippen molar-refractivity contribution in [2.75, 3.05) is 0 Å². The molecule has 0 bridgehead atoms. The monoisotopic (exact) mass is 137 g/mol. The molecule has 0 aliphatic heterocycles. The lowest BCUT2D eigenvalue weighted by atomic mass is 9.89. The first-order valence-electron chi connectivity index (χ1n) is 4.02. The van der Waals surface area contributed by atoms with Crippen LogP contribution in [-0.2, 0) is 0 Å². The minimum Gasteiger partial charge on any atom is -0.305 e. The molecule has 1 N–H and O–H groups in total. The van der Waals surface area contributed by atoms with Crippen LogP contribution in [0, 0.1) is 11.3 Å². The van der Waals surface area contributed by atoms with Crippen molar-refractivity contribution >= 4 is 5.71 Å². The van der Waals surface area contributed by atoms with Crippen molar-refractivity contribution in [3.8, 4) is 0 Å². The molecule has 0 heterocycles. The van der Waals surface area contributed by atoms with Gasteiger partial charge in [-0.1, -0.05) is 19.9 Å². The first-order valence-corrected chi connectivity index (χ1v) is 4.02. The Morgan fingerprint density at radius 2 is 2.40 bits per heavy atom. The minimum absolute atomic E-state index is 0.698. The van der Waals surface area contributed by atoms with Gasteiger partial charge in [-0.3, -0.25) is 0 Å². The molecule has 0 aromatic carbocycles. The van der Waals surface area contributed by atoms with Crippen molar-refractivity contribution in [2.24, 2.45) is 5.92 Å². The Morgan fingerprint density at radius 3 is 2.90 bits per heavy atom. The second-order valence-corrected chi connectivity index (χ2v) is 3.04. The molecular formula is C9H15N. The van der Waals surface area contributed by atoms with Crippen LogP contribution < -0.4 is 0 Å². The maximum Gasteiger partial charge on any atom is 0.0342 e. The average molecular weight is 137 g/mol. The van der Waals surface area contributed by atoms with Crippen LogP contribution in [0.1, 0.15) is 33.1 Å². The van der Waals surface area contributed by atoms with E-state index in [9.17, 15) is 0 Å². The van der Waals surface area contributed by atoms with Crippen LogP contribution in [0.4, 0.5) is 0 Å². The van der Waals surface area contributed by atoms with Crippen LogP contribution in [0.15, 0.2) is 11.6 Å². The summed E-state index contributed by atoms with van der Waals surface area (Å²) in [5.74, 6) is 0.698. The summed E-state index contributed by atoms with van der Waals surface area (Å²) in [6, 6.07) is 0. The molecule has 1 aliphatic carbocycles. The number of rotatable bonds is 1. The van der Waals surface area contributed by atoms with Crippen LogP contribution >= 0.6 is 0 Å². The van der Waals surface area contributed by atoms with Gasteiger partial charge in [-0.15, -0.1) is 0 Å². The Hall–Kier alpha value is -0.590. The van der Waals surface area contributed by atoms with Crippen LogP contribution in [0.25, 0.3) is 0 Å². The van der Waals surface area contributed by atoms with Crippen LogP contribution in [0.5, 0.6) is 0 Å². The zero-order valence-corrected chi connectivity index (χ0v) is 6.78. The maximum absolute atomic E-state index is 7.57. The minimum atomic E-state index is 0.698. The Kier molecular flexibility index (Phi) is 2.25. The summed E-state index contributed by atoms with van der Waals surface area (Å²) in [6.07, 6.45) is 5.43. The van der Waals surface area contributed by atoms with Gasteiger partial charge in [0.25, 0.3) is 0 Å². The first kappa shape index (κ1) is 7.52. The molecule has 1 atom stereocenters. The van der Waals surface area contributed by atoms with Gasteiger partial charge in [0.1, 0.15) is 0 Å². The molecule has 0 radical (unpaired) electrons. The lowest BCUT2D eigenvalue weighted by Crippen LogP contribution is -2.10. The number of allylic oxidation sites excluding steroid dienone is 2. The Bertz CT molecular complexity index is 168. The first-order chi connectivity index (χ1) is 4.74. The second kappa shape index (κ2) is 3.00. The summed E-state index contributed by atoms with van der Waals surface area (Å²) in [4.78, 5) is 0. The van der Waals surface area contributed by atoms with Gasteiger partial charge in [-0.05, 0) is 30.8 Å². The quantitative estimate of drug-likeness (QED) is 0.574. The fourth-order valence-electron chi connectivity index (χ4n) is 1.39. The molecule has 0 saturated heterocycles. The smallest absolute Gasteiger partial charge is 0.0342 e. The highest BCUT2D eigenvalue weighted by atomic mass is 14.4. The Morgan fingerprint density at radius 1 is 1.70 bits per heavy atom. The molecule has 1 nitrogen and oxygen atoms in total. The number of hydrogen-bond acceptors (Lipinski definition) is 1. The van der Waals surface area contributed by atoms with Gasteiger partial charge in [-0.2, -0.15) is 0 Å². The molecule has 0 aromatic heterocycles. The van der Waals surface area contributed by atoms with Crippen molar-refractivity contribution in [1.29, 1.82) is 5.41 Å². The Labute approximate surface area is 62.6 Å². The highest BCUT2D eigenvalue weighted by molar-refractivity contribution is 5.98. The van der Waals surface area contributed by atoms with Gasteiger partial charge in [0.2, 0.25) is 0 Å². The predicted octanol–water partition coefficient (Wildman–Crippen LogP) is 2.77. The molecular weight excluding hydrogens is 122 g/mol. The summed E-state index contributed by atoms with van der Waals surface area (Å²) < 4.78 is 0. The molecule has 0 fully saturated rings. The molecule has 1 unspecified atom stereocenters. The topological polar surface area (TPSA) is 23.9 Å². The SMILES string of the molecule is CCC1=CC(C)CCC1=N. The van der Waals surface area contributed by atoms with E-state index in [4.69, 9.17) is 5.41 Å². The standard InChI is InChI=1S/C9H15N/c1-3-8-6-7(2)4-5-9(8)10/h6-7,10H,3-5H2,1-2H3. The summed E-state index contributed by atoms with van der Waals surface area (Å²) >= 11 is 0. The van der Waals surface area contributed by atoms with E-state index in [1.54, 1.807) is 0 Å². The van der Waals surface area contributed by atoms with Gasteiger partial charge in [-0.25, -0.2) is 0 Å². The van der Waals surface area contributed by atoms with E-state index in [-0.39, 0.29) is 0 Å². The van der Waals surface area contributed by atoms with Crippen molar-refractivity contribution in [1.82, 2.24) is 0 Å². The van der Waals surface area contributed by atoms with Gasteiger partial charge in [0, 0.05) is 5.71 Å². The summed E-state index contributed by atoms with van der Waals surface area (Å²) in [5.41, 5.74) is 2.12. The number of hydrogen-bond donors (Lipinski definition) is 1. The fourth-order valence-corrected chi connectivity index (χ4v) is 1.39. The third-order valence-corrected chi connectivity index (χ3v) is 2.10. The lowest BCUT2D eigenvalue weighted by molar-refractivity contribution is 0.647. The molecule has 1 rings (SSSR count). The largest absolute Gasteiger partial charge is 0.305 e. The third kappa shape index (κ3) is 1.47. The van der Waals surface area contributed by atoms with E-state index in [1.165, 1.54) is 12.0 Å². The number of nitrogens with one attached hydrogen (secondary N) is 1. The van der Waals surface area contributed by atoms with E-state index >= 15 is 0 Å². The third-order valence-electron chi connectivity index (χ3n) is 2.10. The van der Waals surface area contributed by atoms with Gasteiger partial charge in [0.05, 0.1) is 0 Å². The highest BCUT2D eigenvalue weighted by Crippen LogP contribution is 2.21.